The molecule has 0 aliphatic carbocycles. The molecule has 0 N–H and O–H groups in total. The van der Waals surface area contributed by atoms with Gasteiger partial charge in [-0.05, 0) is 6.42 Å². The van der Waals surface area contributed by atoms with Crippen molar-refractivity contribution < 1.29 is 0 Å². The van der Waals surface area contributed by atoms with E-state index in [9.17, 15) is 4.79 Å². The zero-order valence-electron chi connectivity index (χ0n) is 6.33. The number of hydrogen-bond donors (Lipinski definition) is 0. The second-order valence-electron chi connectivity index (χ2n) is 2.29. The van der Waals surface area contributed by atoms with Crippen LogP contribution in [0.15, 0.2) is 17.2 Å². The van der Waals surface area contributed by atoms with Gasteiger partial charge in [0.15, 0.2) is 0 Å². The molecule has 0 aliphatic rings. The van der Waals surface area contributed by atoms with Crippen LogP contribution in [0.25, 0.3) is 0 Å². The number of halogens is 2. The number of alkyl halides is 1. The van der Waals surface area contributed by atoms with E-state index in [2.05, 4.69) is 20.9 Å². The van der Waals surface area contributed by atoms with Crippen molar-refractivity contribution in [1.82, 2.24) is 9.55 Å². The molecule has 0 saturated carbocycles. The van der Waals surface area contributed by atoms with E-state index in [-0.39, 0.29) is 5.69 Å². The second kappa shape index (κ2) is 4.62. The van der Waals surface area contributed by atoms with Gasteiger partial charge in [-0.2, -0.15) is 0 Å². The Hall–Kier alpha value is -0.350. The minimum atomic E-state index is -0.250. The Labute approximate surface area is 83.5 Å². The van der Waals surface area contributed by atoms with Crippen LogP contribution in [0, 0.1) is 0 Å². The van der Waals surface area contributed by atoms with Crippen LogP contribution in [0.1, 0.15) is 6.42 Å². The van der Waals surface area contributed by atoms with Crippen LogP contribution in [0.5, 0.6) is 0 Å². The zero-order chi connectivity index (χ0) is 8.97. The SMILES string of the molecule is O=c1ncc(Cl)cn1CCCBr. The molecule has 0 radical (unpaired) electrons. The van der Waals surface area contributed by atoms with Crippen molar-refractivity contribution in [2.24, 2.45) is 0 Å². The fourth-order valence-electron chi connectivity index (χ4n) is 0.819. The maximum Gasteiger partial charge on any atom is 0.347 e. The second-order valence-corrected chi connectivity index (χ2v) is 3.52. The van der Waals surface area contributed by atoms with Gasteiger partial charge in [-0.1, -0.05) is 27.5 Å². The van der Waals surface area contributed by atoms with E-state index >= 15 is 0 Å². The number of aryl methyl sites for hydroxylation is 1. The maximum absolute atomic E-state index is 11.1. The van der Waals surface area contributed by atoms with E-state index in [4.69, 9.17) is 11.6 Å². The zero-order valence-corrected chi connectivity index (χ0v) is 8.68. The van der Waals surface area contributed by atoms with Gasteiger partial charge in [-0.15, -0.1) is 0 Å². The first-order valence-corrected chi connectivity index (χ1v) is 5.02. The summed E-state index contributed by atoms with van der Waals surface area (Å²) >= 11 is 8.94. The number of rotatable bonds is 3. The number of nitrogens with zero attached hydrogens (tertiary/aromatic N) is 2. The van der Waals surface area contributed by atoms with Gasteiger partial charge in [0.25, 0.3) is 0 Å². The molecule has 0 spiro atoms. The molecule has 3 nitrogen and oxygen atoms in total. The quantitative estimate of drug-likeness (QED) is 0.766. The number of aromatic nitrogens is 2. The standard InChI is InChI=1S/C7H8BrClN2O/c8-2-1-3-11-5-6(9)4-10-7(11)12/h4-5H,1-3H2. The molecule has 0 bridgehead atoms. The lowest BCUT2D eigenvalue weighted by Gasteiger charge is -2.01. The summed E-state index contributed by atoms with van der Waals surface area (Å²) < 4.78 is 1.50. The van der Waals surface area contributed by atoms with Crippen molar-refractivity contribution in [3.8, 4) is 0 Å². The summed E-state index contributed by atoms with van der Waals surface area (Å²) in [5.41, 5.74) is -0.250. The van der Waals surface area contributed by atoms with E-state index in [0.29, 0.717) is 11.6 Å². The minimum Gasteiger partial charge on any atom is -0.298 e. The fourth-order valence-corrected chi connectivity index (χ4v) is 1.24. The normalized spacial score (nSPS) is 10.2. The average molecular weight is 252 g/mol. The highest BCUT2D eigenvalue weighted by atomic mass is 79.9. The van der Waals surface area contributed by atoms with Crippen molar-refractivity contribution in [3.63, 3.8) is 0 Å². The molecule has 1 heterocycles. The Balaban J connectivity index is 2.83. The molecule has 0 aromatic carbocycles. The van der Waals surface area contributed by atoms with E-state index in [0.717, 1.165) is 11.8 Å². The van der Waals surface area contributed by atoms with Crippen LogP contribution in [0.4, 0.5) is 0 Å². The van der Waals surface area contributed by atoms with Crippen molar-refractivity contribution in [1.29, 1.82) is 0 Å². The monoisotopic (exact) mass is 250 g/mol. The molecule has 0 saturated heterocycles. The summed E-state index contributed by atoms with van der Waals surface area (Å²) in [4.78, 5) is 14.6. The van der Waals surface area contributed by atoms with E-state index in [1.807, 2.05) is 0 Å². The first-order valence-electron chi connectivity index (χ1n) is 3.52. The summed E-state index contributed by atoms with van der Waals surface area (Å²) in [5, 5.41) is 1.36. The molecule has 1 rings (SSSR count). The van der Waals surface area contributed by atoms with E-state index < -0.39 is 0 Å². The lowest BCUT2D eigenvalue weighted by atomic mass is 10.5. The van der Waals surface area contributed by atoms with Gasteiger partial charge in [-0.25, -0.2) is 9.78 Å². The van der Waals surface area contributed by atoms with E-state index in [1.54, 1.807) is 6.20 Å². The van der Waals surface area contributed by atoms with Crippen molar-refractivity contribution in [2.75, 3.05) is 5.33 Å². The molecule has 0 aliphatic heterocycles. The van der Waals surface area contributed by atoms with Gasteiger partial charge in [-0.3, -0.25) is 4.57 Å². The van der Waals surface area contributed by atoms with Gasteiger partial charge < -0.3 is 0 Å². The van der Waals surface area contributed by atoms with Crippen LogP contribution < -0.4 is 5.69 Å². The Morgan fingerprint density at radius 2 is 2.42 bits per heavy atom. The summed E-state index contributed by atoms with van der Waals surface area (Å²) in [6.45, 7) is 0.650. The molecule has 0 fully saturated rings. The Kier molecular flexibility index (Phi) is 3.75. The highest BCUT2D eigenvalue weighted by molar-refractivity contribution is 9.09. The first-order chi connectivity index (χ1) is 5.74. The Bertz CT molecular complexity index is 313. The van der Waals surface area contributed by atoms with Crippen molar-refractivity contribution in [3.05, 3.63) is 27.9 Å². The highest BCUT2D eigenvalue weighted by Gasteiger charge is 1.96. The van der Waals surface area contributed by atoms with Crippen LogP contribution in [0.2, 0.25) is 5.02 Å². The lowest BCUT2D eigenvalue weighted by molar-refractivity contribution is 0.641. The minimum absolute atomic E-state index is 0.250. The van der Waals surface area contributed by atoms with Crippen LogP contribution in [-0.4, -0.2) is 14.9 Å². The third-order valence-corrected chi connectivity index (χ3v) is 2.11. The third kappa shape index (κ3) is 2.60. The predicted octanol–water partition coefficient (Wildman–Crippen LogP) is 1.68. The topological polar surface area (TPSA) is 34.9 Å². The largest absolute Gasteiger partial charge is 0.347 e. The molecule has 12 heavy (non-hydrogen) atoms. The summed E-state index contributed by atoms with van der Waals surface area (Å²) in [6, 6.07) is 0. The molecular formula is C7H8BrClN2O. The number of hydrogen-bond acceptors (Lipinski definition) is 2. The maximum atomic E-state index is 11.1. The molecule has 1 aromatic rings. The van der Waals surface area contributed by atoms with Gasteiger partial charge >= 0.3 is 5.69 Å². The van der Waals surface area contributed by atoms with Gasteiger partial charge in [0.2, 0.25) is 0 Å². The predicted molar refractivity (Wildman–Crippen MR) is 51.9 cm³/mol. The highest BCUT2D eigenvalue weighted by Crippen LogP contribution is 2.02. The molecule has 0 unspecified atom stereocenters. The average Bonchev–Trinajstić information content (AvgIpc) is 2.07. The van der Waals surface area contributed by atoms with Crippen molar-refractivity contribution >= 4 is 27.5 Å². The van der Waals surface area contributed by atoms with Crippen LogP contribution in [0.3, 0.4) is 0 Å². The van der Waals surface area contributed by atoms with Gasteiger partial charge in [0.1, 0.15) is 0 Å². The molecule has 0 amide bonds. The third-order valence-electron chi connectivity index (χ3n) is 1.36. The van der Waals surface area contributed by atoms with Gasteiger partial charge in [0.05, 0.1) is 11.2 Å². The van der Waals surface area contributed by atoms with Gasteiger partial charge in [0, 0.05) is 18.1 Å². The van der Waals surface area contributed by atoms with Crippen LogP contribution >= 0.6 is 27.5 Å². The fraction of sp³-hybridized carbons (Fsp3) is 0.429. The molecule has 0 atom stereocenters. The van der Waals surface area contributed by atoms with Crippen LogP contribution in [-0.2, 0) is 6.54 Å². The summed E-state index contributed by atoms with van der Waals surface area (Å²) in [5.74, 6) is 0. The Morgan fingerprint density at radius 1 is 1.67 bits per heavy atom. The smallest absolute Gasteiger partial charge is 0.298 e. The molecule has 5 heteroatoms. The lowest BCUT2D eigenvalue weighted by Crippen LogP contribution is -2.21. The Morgan fingerprint density at radius 3 is 3.08 bits per heavy atom. The molecule has 1 aromatic heterocycles. The van der Waals surface area contributed by atoms with Crippen molar-refractivity contribution in [2.45, 2.75) is 13.0 Å². The van der Waals surface area contributed by atoms with E-state index in [1.165, 1.54) is 10.8 Å². The summed E-state index contributed by atoms with van der Waals surface area (Å²) in [6.07, 6.45) is 3.84. The molecule has 66 valence electrons. The first kappa shape index (κ1) is 9.74. The molecular weight excluding hydrogens is 243 g/mol. The summed E-state index contributed by atoms with van der Waals surface area (Å²) in [7, 11) is 0.